The van der Waals surface area contributed by atoms with E-state index < -0.39 is 0 Å². The molecule has 0 radical (unpaired) electrons. The van der Waals surface area contributed by atoms with E-state index in [2.05, 4.69) is 36.2 Å². The Hall–Kier alpha value is -2.95. The molecule has 0 saturated carbocycles. The highest BCUT2D eigenvalue weighted by molar-refractivity contribution is 6.05. The van der Waals surface area contributed by atoms with Gasteiger partial charge < -0.3 is 5.32 Å². The van der Waals surface area contributed by atoms with Crippen molar-refractivity contribution in [3.05, 3.63) is 77.9 Å². The molecule has 1 N–H and O–H groups in total. The number of benzene rings is 2. The van der Waals surface area contributed by atoms with E-state index in [0.29, 0.717) is 12.1 Å². The number of aromatic nitrogens is 3. The molecule has 0 aliphatic carbocycles. The number of nitrogens with zero attached hydrogens (tertiary/aromatic N) is 3. The number of rotatable bonds is 4. The third-order valence-electron chi connectivity index (χ3n) is 4.00. The van der Waals surface area contributed by atoms with Crippen molar-refractivity contribution in [2.45, 2.75) is 32.7 Å². The van der Waals surface area contributed by atoms with Gasteiger partial charge in [0.1, 0.15) is 12.7 Å². The molecule has 2 aromatic carbocycles. The van der Waals surface area contributed by atoms with Crippen LogP contribution in [-0.4, -0.2) is 20.7 Å². The van der Waals surface area contributed by atoms with E-state index in [1.54, 1.807) is 11.0 Å². The quantitative estimate of drug-likeness (QED) is 0.788. The molecule has 3 aromatic rings. The van der Waals surface area contributed by atoms with E-state index >= 15 is 0 Å². The minimum Gasteiger partial charge on any atom is -0.322 e. The van der Waals surface area contributed by atoms with Gasteiger partial charge in [-0.3, -0.25) is 4.79 Å². The third kappa shape index (κ3) is 4.12. The molecular formula is C20H22N4O. The summed E-state index contributed by atoms with van der Waals surface area (Å²) >= 11 is 0. The molecule has 25 heavy (non-hydrogen) atoms. The maximum Gasteiger partial charge on any atom is 0.255 e. The van der Waals surface area contributed by atoms with Crippen LogP contribution < -0.4 is 5.32 Å². The molecule has 0 atom stereocenters. The standard InChI is InChI=1S/C20H22N4O/c1-20(2,3)18-7-5-4-6-17(18)19(25)23-16-10-8-15(9-11-16)12-24-14-21-13-22-24/h4-11,13-14H,12H2,1-3H3,(H,23,25). The second-order valence-electron chi connectivity index (χ2n) is 7.04. The van der Waals surface area contributed by atoms with Crippen LogP contribution in [0.5, 0.6) is 0 Å². The van der Waals surface area contributed by atoms with Gasteiger partial charge in [0.05, 0.1) is 6.54 Å². The lowest BCUT2D eigenvalue weighted by molar-refractivity contribution is 0.102. The largest absolute Gasteiger partial charge is 0.322 e. The summed E-state index contributed by atoms with van der Waals surface area (Å²) in [4.78, 5) is 16.6. The maximum atomic E-state index is 12.7. The fraction of sp³-hybridized carbons (Fsp3) is 0.250. The van der Waals surface area contributed by atoms with Crippen LogP contribution in [0.1, 0.15) is 42.3 Å². The molecular weight excluding hydrogens is 312 g/mol. The van der Waals surface area contributed by atoms with Crippen LogP contribution in [0, 0.1) is 0 Å². The predicted molar refractivity (Wildman–Crippen MR) is 98.7 cm³/mol. The summed E-state index contributed by atoms with van der Waals surface area (Å²) in [6.45, 7) is 6.98. The minimum atomic E-state index is -0.0884. The summed E-state index contributed by atoms with van der Waals surface area (Å²) in [6, 6.07) is 15.5. The number of hydrogen-bond acceptors (Lipinski definition) is 3. The molecule has 1 amide bonds. The summed E-state index contributed by atoms with van der Waals surface area (Å²) < 4.78 is 1.76. The SMILES string of the molecule is CC(C)(C)c1ccccc1C(=O)Nc1ccc(Cn2cncn2)cc1. The van der Waals surface area contributed by atoms with Crippen molar-refractivity contribution < 1.29 is 4.79 Å². The Morgan fingerprint density at radius 1 is 1.08 bits per heavy atom. The topological polar surface area (TPSA) is 59.8 Å². The second kappa shape index (κ2) is 6.89. The van der Waals surface area contributed by atoms with Crippen LogP contribution >= 0.6 is 0 Å². The van der Waals surface area contributed by atoms with Crippen LogP contribution in [0.15, 0.2) is 61.2 Å². The molecule has 5 heteroatoms. The summed E-state index contributed by atoms with van der Waals surface area (Å²) in [5.74, 6) is -0.0884. The Morgan fingerprint density at radius 2 is 1.80 bits per heavy atom. The zero-order valence-corrected chi connectivity index (χ0v) is 14.7. The van der Waals surface area contributed by atoms with E-state index in [4.69, 9.17) is 0 Å². The molecule has 3 rings (SSSR count). The number of anilines is 1. The molecule has 0 spiro atoms. The third-order valence-corrected chi connectivity index (χ3v) is 4.00. The molecule has 0 bridgehead atoms. The van der Waals surface area contributed by atoms with Crippen molar-refractivity contribution in [2.24, 2.45) is 0 Å². The highest BCUT2D eigenvalue weighted by atomic mass is 16.1. The van der Waals surface area contributed by atoms with Crippen LogP contribution in [0.2, 0.25) is 0 Å². The highest BCUT2D eigenvalue weighted by Crippen LogP contribution is 2.26. The van der Waals surface area contributed by atoms with Crippen molar-refractivity contribution in [1.29, 1.82) is 0 Å². The number of hydrogen-bond donors (Lipinski definition) is 1. The van der Waals surface area contributed by atoms with E-state index in [1.165, 1.54) is 6.33 Å². The number of carbonyl (C=O) groups is 1. The Kier molecular flexibility index (Phi) is 4.65. The van der Waals surface area contributed by atoms with Crippen molar-refractivity contribution in [1.82, 2.24) is 14.8 Å². The zero-order valence-electron chi connectivity index (χ0n) is 14.7. The van der Waals surface area contributed by atoms with Gasteiger partial charge in [-0.25, -0.2) is 9.67 Å². The molecule has 5 nitrogen and oxygen atoms in total. The molecule has 0 aliphatic heterocycles. The first-order valence-corrected chi connectivity index (χ1v) is 8.26. The van der Waals surface area contributed by atoms with Gasteiger partial charge in [-0.15, -0.1) is 0 Å². The average molecular weight is 334 g/mol. The number of nitrogens with one attached hydrogen (secondary N) is 1. The highest BCUT2D eigenvalue weighted by Gasteiger charge is 2.21. The summed E-state index contributed by atoms with van der Waals surface area (Å²) in [5.41, 5.74) is 3.53. The van der Waals surface area contributed by atoms with Gasteiger partial charge in [0.15, 0.2) is 0 Å². The Morgan fingerprint density at radius 3 is 2.44 bits per heavy atom. The summed E-state index contributed by atoms with van der Waals surface area (Å²) in [6.07, 6.45) is 3.19. The van der Waals surface area contributed by atoms with E-state index in [0.717, 1.165) is 16.8 Å². The van der Waals surface area contributed by atoms with Gasteiger partial charge in [-0.2, -0.15) is 5.10 Å². The Bertz CT molecular complexity index is 846. The zero-order chi connectivity index (χ0) is 17.9. The van der Waals surface area contributed by atoms with Crippen molar-refractivity contribution in [3.8, 4) is 0 Å². The first-order chi connectivity index (χ1) is 11.9. The summed E-state index contributed by atoms with van der Waals surface area (Å²) in [5, 5.41) is 7.07. The molecule has 0 fully saturated rings. The second-order valence-corrected chi connectivity index (χ2v) is 7.04. The molecule has 1 aromatic heterocycles. The minimum absolute atomic E-state index is 0.0877. The van der Waals surface area contributed by atoms with Gasteiger partial charge in [-0.1, -0.05) is 51.1 Å². The average Bonchev–Trinajstić information content (AvgIpc) is 3.09. The lowest BCUT2D eigenvalue weighted by Crippen LogP contribution is -2.20. The van der Waals surface area contributed by atoms with Gasteiger partial charge >= 0.3 is 0 Å². The molecule has 0 saturated heterocycles. The molecule has 1 heterocycles. The number of amides is 1. The van der Waals surface area contributed by atoms with Gasteiger partial charge in [-0.05, 0) is 34.7 Å². The monoisotopic (exact) mass is 334 g/mol. The van der Waals surface area contributed by atoms with Crippen molar-refractivity contribution in [3.63, 3.8) is 0 Å². The molecule has 128 valence electrons. The molecule has 0 unspecified atom stereocenters. The first kappa shape index (κ1) is 16.9. The Labute approximate surface area is 147 Å². The van der Waals surface area contributed by atoms with Gasteiger partial charge in [0.25, 0.3) is 5.91 Å². The van der Waals surface area contributed by atoms with E-state index in [1.807, 2.05) is 48.5 Å². The van der Waals surface area contributed by atoms with E-state index in [-0.39, 0.29) is 11.3 Å². The predicted octanol–water partition coefficient (Wildman–Crippen LogP) is 3.88. The van der Waals surface area contributed by atoms with Crippen molar-refractivity contribution >= 4 is 11.6 Å². The van der Waals surface area contributed by atoms with Crippen LogP contribution in [0.25, 0.3) is 0 Å². The Balaban J connectivity index is 1.73. The van der Waals surface area contributed by atoms with Gasteiger partial charge in [0.2, 0.25) is 0 Å². The van der Waals surface area contributed by atoms with Crippen LogP contribution in [0.4, 0.5) is 5.69 Å². The first-order valence-electron chi connectivity index (χ1n) is 8.26. The van der Waals surface area contributed by atoms with Crippen LogP contribution in [0.3, 0.4) is 0 Å². The van der Waals surface area contributed by atoms with Gasteiger partial charge in [0, 0.05) is 11.3 Å². The number of carbonyl (C=O) groups excluding carboxylic acids is 1. The maximum absolute atomic E-state index is 12.7. The van der Waals surface area contributed by atoms with Crippen molar-refractivity contribution in [2.75, 3.05) is 5.32 Å². The fourth-order valence-corrected chi connectivity index (χ4v) is 2.73. The normalized spacial score (nSPS) is 11.3. The molecule has 0 aliphatic rings. The lowest BCUT2D eigenvalue weighted by Gasteiger charge is -2.22. The van der Waals surface area contributed by atoms with E-state index in [9.17, 15) is 4.79 Å². The summed E-state index contributed by atoms with van der Waals surface area (Å²) in [7, 11) is 0. The smallest absolute Gasteiger partial charge is 0.255 e. The fourth-order valence-electron chi connectivity index (χ4n) is 2.73. The lowest BCUT2D eigenvalue weighted by atomic mass is 9.83. The van der Waals surface area contributed by atoms with Crippen LogP contribution in [-0.2, 0) is 12.0 Å².